The van der Waals surface area contributed by atoms with Gasteiger partial charge in [-0.3, -0.25) is 0 Å². The lowest BCUT2D eigenvalue weighted by molar-refractivity contribution is 0.139. The first-order chi connectivity index (χ1) is 10.1. The van der Waals surface area contributed by atoms with Gasteiger partial charge in [-0.15, -0.1) is 0 Å². The van der Waals surface area contributed by atoms with Crippen LogP contribution in [0.25, 0.3) is 0 Å². The number of carbonyl (C=O) groups excluding carboxylic acids is 1. The van der Waals surface area contributed by atoms with Crippen LogP contribution in [0.4, 0.5) is 4.79 Å². The number of carbonyl (C=O) groups is 1. The number of aryl methyl sites for hydroxylation is 2. The standard InChI is InChI=1S/C17H19NO3/c1-12-8-15(19)9-13(2)16(12)10-18-17(20)21-11-14-6-4-3-5-7-14/h3-9,19H,10-11H2,1-2H3,(H,18,20). The summed E-state index contributed by atoms with van der Waals surface area (Å²) in [6, 6.07) is 12.9. The van der Waals surface area contributed by atoms with Crippen molar-refractivity contribution in [3.8, 4) is 5.75 Å². The highest BCUT2D eigenvalue weighted by Gasteiger charge is 2.08. The predicted molar refractivity (Wildman–Crippen MR) is 81.0 cm³/mol. The van der Waals surface area contributed by atoms with Gasteiger partial charge in [-0.1, -0.05) is 30.3 Å². The molecule has 0 saturated carbocycles. The van der Waals surface area contributed by atoms with Crippen molar-refractivity contribution in [3.63, 3.8) is 0 Å². The molecule has 0 atom stereocenters. The van der Waals surface area contributed by atoms with Crippen LogP contribution in [0.1, 0.15) is 22.3 Å². The third kappa shape index (κ3) is 4.24. The van der Waals surface area contributed by atoms with E-state index in [0.717, 1.165) is 22.3 Å². The first kappa shape index (κ1) is 14.9. The lowest BCUT2D eigenvalue weighted by atomic mass is 10.0. The molecule has 0 heterocycles. The van der Waals surface area contributed by atoms with Gasteiger partial charge in [0.1, 0.15) is 12.4 Å². The van der Waals surface area contributed by atoms with Crippen LogP contribution in [0.15, 0.2) is 42.5 Å². The minimum Gasteiger partial charge on any atom is -0.508 e. The monoisotopic (exact) mass is 285 g/mol. The Morgan fingerprint density at radius 1 is 1.14 bits per heavy atom. The Hall–Kier alpha value is -2.49. The zero-order chi connectivity index (χ0) is 15.2. The van der Waals surface area contributed by atoms with E-state index in [1.54, 1.807) is 12.1 Å². The summed E-state index contributed by atoms with van der Waals surface area (Å²) in [7, 11) is 0. The van der Waals surface area contributed by atoms with E-state index in [0.29, 0.717) is 6.54 Å². The summed E-state index contributed by atoms with van der Waals surface area (Å²) >= 11 is 0. The summed E-state index contributed by atoms with van der Waals surface area (Å²) in [5.74, 6) is 0.236. The minimum absolute atomic E-state index is 0.236. The normalized spacial score (nSPS) is 10.2. The Morgan fingerprint density at radius 2 is 1.76 bits per heavy atom. The van der Waals surface area contributed by atoms with Gasteiger partial charge in [-0.25, -0.2) is 4.79 Å². The fourth-order valence-electron chi connectivity index (χ4n) is 2.18. The maximum Gasteiger partial charge on any atom is 0.407 e. The third-order valence-electron chi connectivity index (χ3n) is 3.30. The van der Waals surface area contributed by atoms with Crippen LogP contribution < -0.4 is 5.32 Å². The van der Waals surface area contributed by atoms with Gasteiger partial charge in [0.05, 0.1) is 0 Å². The summed E-state index contributed by atoms with van der Waals surface area (Å²) in [5, 5.41) is 12.2. The average molecular weight is 285 g/mol. The molecule has 0 bridgehead atoms. The van der Waals surface area contributed by atoms with Crippen LogP contribution in [0.5, 0.6) is 5.75 Å². The van der Waals surface area contributed by atoms with E-state index in [9.17, 15) is 9.90 Å². The smallest absolute Gasteiger partial charge is 0.407 e. The number of nitrogens with one attached hydrogen (secondary N) is 1. The molecule has 2 aromatic carbocycles. The van der Waals surface area contributed by atoms with Crippen molar-refractivity contribution in [2.75, 3.05) is 0 Å². The Morgan fingerprint density at radius 3 is 2.38 bits per heavy atom. The number of benzene rings is 2. The van der Waals surface area contributed by atoms with Gasteiger partial charge in [-0.2, -0.15) is 0 Å². The molecule has 0 unspecified atom stereocenters. The molecular weight excluding hydrogens is 266 g/mol. The second-order valence-electron chi connectivity index (χ2n) is 4.97. The summed E-state index contributed by atoms with van der Waals surface area (Å²) in [5.41, 5.74) is 3.82. The molecule has 0 radical (unpaired) electrons. The fraction of sp³-hybridized carbons (Fsp3) is 0.235. The number of hydrogen-bond acceptors (Lipinski definition) is 3. The Bertz CT molecular complexity index is 600. The molecule has 0 spiro atoms. The van der Waals surface area contributed by atoms with Crippen molar-refractivity contribution < 1.29 is 14.6 Å². The van der Waals surface area contributed by atoms with Crippen molar-refractivity contribution in [1.82, 2.24) is 5.32 Å². The van der Waals surface area contributed by atoms with Crippen LogP contribution in [-0.2, 0) is 17.9 Å². The number of aromatic hydroxyl groups is 1. The molecule has 0 aromatic heterocycles. The van der Waals surface area contributed by atoms with Crippen molar-refractivity contribution in [2.24, 2.45) is 0 Å². The number of rotatable bonds is 4. The quantitative estimate of drug-likeness (QED) is 0.904. The average Bonchev–Trinajstić information content (AvgIpc) is 2.45. The molecule has 0 aliphatic carbocycles. The van der Waals surface area contributed by atoms with Gasteiger partial charge >= 0.3 is 6.09 Å². The zero-order valence-corrected chi connectivity index (χ0v) is 12.2. The number of phenols is 1. The zero-order valence-electron chi connectivity index (χ0n) is 12.2. The summed E-state index contributed by atoms with van der Waals surface area (Å²) in [6.45, 7) is 4.43. The van der Waals surface area contributed by atoms with Gasteiger partial charge in [0.25, 0.3) is 0 Å². The van der Waals surface area contributed by atoms with Gasteiger partial charge in [-0.05, 0) is 48.2 Å². The van der Waals surface area contributed by atoms with Crippen molar-refractivity contribution in [2.45, 2.75) is 27.0 Å². The van der Waals surface area contributed by atoms with E-state index in [2.05, 4.69) is 5.32 Å². The Labute approximate surface area is 124 Å². The van der Waals surface area contributed by atoms with Crippen LogP contribution in [0.2, 0.25) is 0 Å². The SMILES string of the molecule is Cc1cc(O)cc(C)c1CNC(=O)OCc1ccccc1. The molecule has 4 heteroatoms. The molecule has 0 fully saturated rings. The molecule has 0 saturated heterocycles. The second kappa shape index (κ2) is 6.79. The van der Waals surface area contributed by atoms with Crippen LogP contribution in [0.3, 0.4) is 0 Å². The molecule has 2 aromatic rings. The first-order valence-electron chi connectivity index (χ1n) is 6.80. The molecule has 110 valence electrons. The largest absolute Gasteiger partial charge is 0.508 e. The predicted octanol–water partition coefficient (Wildman–Crippen LogP) is 3.44. The summed E-state index contributed by atoms with van der Waals surface area (Å²) in [4.78, 5) is 11.7. The van der Waals surface area contributed by atoms with E-state index >= 15 is 0 Å². The lowest BCUT2D eigenvalue weighted by Crippen LogP contribution is -2.24. The molecule has 21 heavy (non-hydrogen) atoms. The first-order valence-corrected chi connectivity index (χ1v) is 6.80. The molecule has 2 N–H and O–H groups in total. The maximum absolute atomic E-state index is 11.7. The van der Waals surface area contributed by atoms with Gasteiger partial charge in [0.2, 0.25) is 0 Å². The molecule has 1 amide bonds. The van der Waals surface area contributed by atoms with E-state index in [1.165, 1.54) is 0 Å². The van der Waals surface area contributed by atoms with Gasteiger partial charge < -0.3 is 15.2 Å². The number of phenolic OH excluding ortho intramolecular Hbond substituents is 1. The number of ether oxygens (including phenoxy) is 1. The molecule has 4 nitrogen and oxygen atoms in total. The van der Waals surface area contributed by atoms with E-state index in [4.69, 9.17) is 4.74 Å². The van der Waals surface area contributed by atoms with E-state index in [1.807, 2.05) is 44.2 Å². The topological polar surface area (TPSA) is 58.6 Å². The van der Waals surface area contributed by atoms with Crippen LogP contribution in [0, 0.1) is 13.8 Å². The molecular formula is C17H19NO3. The van der Waals surface area contributed by atoms with Crippen molar-refractivity contribution in [3.05, 3.63) is 64.7 Å². The van der Waals surface area contributed by atoms with Crippen LogP contribution >= 0.6 is 0 Å². The number of amides is 1. The highest BCUT2D eigenvalue weighted by molar-refractivity contribution is 5.67. The highest BCUT2D eigenvalue weighted by Crippen LogP contribution is 2.20. The minimum atomic E-state index is -0.453. The molecule has 0 aliphatic rings. The number of hydrogen-bond donors (Lipinski definition) is 2. The lowest BCUT2D eigenvalue weighted by Gasteiger charge is -2.12. The fourth-order valence-corrected chi connectivity index (χ4v) is 2.18. The number of alkyl carbamates (subject to hydrolysis) is 1. The second-order valence-corrected chi connectivity index (χ2v) is 4.97. The third-order valence-corrected chi connectivity index (χ3v) is 3.30. The maximum atomic E-state index is 11.7. The van der Waals surface area contributed by atoms with Gasteiger partial charge in [0.15, 0.2) is 0 Å². The highest BCUT2D eigenvalue weighted by atomic mass is 16.5. The van der Waals surface area contributed by atoms with E-state index < -0.39 is 6.09 Å². The van der Waals surface area contributed by atoms with Crippen LogP contribution in [-0.4, -0.2) is 11.2 Å². The molecule has 0 aliphatic heterocycles. The van der Waals surface area contributed by atoms with Crippen molar-refractivity contribution in [1.29, 1.82) is 0 Å². The van der Waals surface area contributed by atoms with Crippen molar-refractivity contribution >= 4 is 6.09 Å². The van der Waals surface area contributed by atoms with Gasteiger partial charge in [0, 0.05) is 6.54 Å². The summed E-state index contributed by atoms with van der Waals surface area (Å²) < 4.78 is 5.15. The Kier molecular flexibility index (Phi) is 4.82. The molecule has 2 rings (SSSR count). The Balaban J connectivity index is 1.87. The summed E-state index contributed by atoms with van der Waals surface area (Å²) in [6.07, 6.45) is -0.453. The van der Waals surface area contributed by atoms with E-state index in [-0.39, 0.29) is 12.4 Å².